The van der Waals surface area contributed by atoms with Gasteiger partial charge in [0.05, 0.1) is 11.6 Å². The van der Waals surface area contributed by atoms with Crippen molar-refractivity contribution in [3.05, 3.63) is 40.4 Å². The molecule has 0 aliphatic heterocycles. The standard InChI is InChI=1S/C18H20N4O3/c1-18(2,3)25-15(23)10-21-14-8-9-19-22(14)16-12(17(21)24)6-7-13(20-16)11-4-5-11/h6-9,11H,4-5,10H2,1-3H3. The molecule has 1 saturated carbocycles. The first kappa shape index (κ1) is 15.8. The lowest BCUT2D eigenvalue weighted by molar-refractivity contribution is -0.155. The van der Waals surface area contributed by atoms with E-state index >= 15 is 0 Å². The van der Waals surface area contributed by atoms with E-state index in [0.29, 0.717) is 22.6 Å². The number of esters is 1. The fraction of sp³-hybridized carbons (Fsp3) is 0.444. The lowest BCUT2D eigenvalue weighted by atomic mass is 10.2. The van der Waals surface area contributed by atoms with E-state index in [-0.39, 0.29) is 12.1 Å². The molecule has 0 atom stereocenters. The summed E-state index contributed by atoms with van der Waals surface area (Å²) in [4.78, 5) is 29.8. The first-order chi connectivity index (χ1) is 11.8. The molecule has 0 N–H and O–H groups in total. The van der Waals surface area contributed by atoms with Crippen LogP contribution in [0.1, 0.15) is 45.2 Å². The minimum atomic E-state index is -0.602. The summed E-state index contributed by atoms with van der Waals surface area (Å²) in [5.74, 6) is 0.0267. The summed E-state index contributed by atoms with van der Waals surface area (Å²) < 4.78 is 8.36. The number of carbonyl (C=O) groups excluding carboxylic acids is 1. The Kier molecular flexibility index (Phi) is 3.42. The topological polar surface area (TPSA) is 78.5 Å². The van der Waals surface area contributed by atoms with Gasteiger partial charge in [-0.2, -0.15) is 9.61 Å². The van der Waals surface area contributed by atoms with Crippen molar-refractivity contribution in [1.29, 1.82) is 0 Å². The summed E-state index contributed by atoms with van der Waals surface area (Å²) in [7, 11) is 0. The Hall–Kier alpha value is -2.70. The van der Waals surface area contributed by atoms with Gasteiger partial charge < -0.3 is 4.74 Å². The number of hydrogen-bond donors (Lipinski definition) is 0. The minimum absolute atomic E-state index is 0.161. The van der Waals surface area contributed by atoms with Gasteiger partial charge in [0.15, 0.2) is 5.65 Å². The molecule has 0 radical (unpaired) electrons. The Morgan fingerprint density at radius 3 is 2.72 bits per heavy atom. The van der Waals surface area contributed by atoms with Crippen LogP contribution in [0.25, 0.3) is 16.7 Å². The number of hydrogen-bond acceptors (Lipinski definition) is 5. The number of fused-ring (bicyclic) bond motifs is 3. The normalized spacial score (nSPS) is 15.0. The van der Waals surface area contributed by atoms with Gasteiger partial charge in [-0.05, 0) is 45.7 Å². The van der Waals surface area contributed by atoms with Gasteiger partial charge in [-0.15, -0.1) is 0 Å². The highest BCUT2D eigenvalue weighted by Gasteiger charge is 2.26. The average Bonchev–Trinajstić information content (AvgIpc) is 3.26. The van der Waals surface area contributed by atoms with Crippen molar-refractivity contribution in [3.8, 4) is 0 Å². The van der Waals surface area contributed by atoms with Crippen LogP contribution in [-0.4, -0.2) is 30.7 Å². The van der Waals surface area contributed by atoms with E-state index in [4.69, 9.17) is 4.74 Å². The van der Waals surface area contributed by atoms with E-state index in [1.807, 2.05) is 6.07 Å². The monoisotopic (exact) mass is 340 g/mol. The van der Waals surface area contributed by atoms with Crippen LogP contribution in [0.4, 0.5) is 0 Å². The molecule has 3 aromatic rings. The van der Waals surface area contributed by atoms with Gasteiger partial charge in [0.25, 0.3) is 5.56 Å². The number of nitrogens with zero attached hydrogens (tertiary/aromatic N) is 4. The highest BCUT2D eigenvalue weighted by atomic mass is 16.6. The van der Waals surface area contributed by atoms with E-state index < -0.39 is 11.6 Å². The van der Waals surface area contributed by atoms with Gasteiger partial charge in [0.1, 0.15) is 17.8 Å². The summed E-state index contributed by atoms with van der Waals surface area (Å²) in [6.45, 7) is 5.23. The Morgan fingerprint density at radius 1 is 1.28 bits per heavy atom. The van der Waals surface area contributed by atoms with Crippen LogP contribution in [0.15, 0.2) is 29.2 Å². The number of ether oxygens (including phenoxy) is 1. The van der Waals surface area contributed by atoms with E-state index in [1.54, 1.807) is 43.6 Å². The highest BCUT2D eigenvalue weighted by Crippen LogP contribution is 2.39. The SMILES string of the molecule is CC(C)(C)OC(=O)Cn1c(=O)c2ccc(C3CC3)nc2n2nccc12. The Morgan fingerprint density at radius 2 is 2.04 bits per heavy atom. The molecule has 3 heterocycles. The third-order valence-corrected chi connectivity index (χ3v) is 4.18. The molecule has 25 heavy (non-hydrogen) atoms. The van der Waals surface area contributed by atoms with Crippen LogP contribution in [0, 0.1) is 0 Å². The first-order valence-electron chi connectivity index (χ1n) is 8.42. The predicted molar refractivity (Wildman–Crippen MR) is 92.6 cm³/mol. The average molecular weight is 340 g/mol. The van der Waals surface area contributed by atoms with Crippen LogP contribution in [0.3, 0.4) is 0 Å². The minimum Gasteiger partial charge on any atom is -0.459 e. The van der Waals surface area contributed by atoms with Crippen LogP contribution < -0.4 is 5.56 Å². The first-order valence-corrected chi connectivity index (χ1v) is 8.42. The van der Waals surface area contributed by atoms with Crippen molar-refractivity contribution in [2.24, 2.45) is 0 Å². The molecule has 0 bridgehead atoms. The molecule has 0 amide bonds. The van der Waals surface area contributed by atoms with Gasteiger partial charge in [0, 0.05) is 17.7 Å². The molecule has 0 saturated heterocycles. The van der Waals surface area contributed by atoms with Crippen LogP contribution in [0.2, 0.25) is 0 Å². The van der Waals surface area contributed by atoms with Gasteiger partial charge >= 0.3 is 5.97 Å². The van der Waals surface area contributed by atoms with Crippen LogP contribution in [-0.2, 0) is 16.1 Å². The molecule has 4 rings (SSSR count). The lowest BCUT2D eigenvalue weighted by Gasteiger charge is -2.20. The summed E-state index contributed by atoms with van der Waals surface area (Å²) in [6.07, 6.45) is 3.87. The fourth-order valence-electron chi connectivity index (χ4n) is 2.97. The van der Waals surface area contributed by atoms with Crippen molar-refractivity contribution in [3.63, 3.8) is 0 Å². The molecule has 0 aromatic carbocycles. The molecule has 7 nitrogen and oxygen atoms in total. The maximum absolute atomic E-state index is 12.9. The molecule has 130 valence electrons. The molecular weight excluding hydrogens is 320 g/mol. The molecule has 1 aliphatic rings. The molecular formula is C18H20N4O3. The number of aromatic nitrogens is 4. The summed E-state index contributed by atoms with van der Waals surface area (Å²) in [5.41, 5.74) is 1.20. The second-order valence-electron chi connectivity index (χ2n) is 7.46. The maximum Gasteiger partial charge on any atom is 0.326 e. The molecule has 3 aromatic heterocycles. The largest absolute Gasteiger partial charge is 0.459 e. The van der Waals surface area contributed by atoms with Gasteiger partial charge in [-0.3, -0.25) is 14.2 Å². The summed E-state index contributed by atoms with van der Waals surface area (Å²) >= 11 is 0. The molecule has 1 fully saturated rings. The smallest absolute Gasteiger partial charge is 0.326 e. The predicted octanol–water partition coefficient (Wildman–Crippen LogP) is 2.26. The molecule has 0 spiro atoms. The van der Waals surface area contributed by atoms with Gasteiger partial charge in [0.2, 0.25) is 0 Å². The van der Waals surface area contributed by atoms with E-state index in [1.165, 1.54) is 4.57 Å². The zero-order valence-electron chi connectivity index (χ0n) is 14.5. The third-order valence-electron chi connectivity index (χ3n) is 4.18. The Balaban J connectivity index is 1.85. The highest BCUT2D eigenvalue weighted by molar-refractivity contribution is 5.78. The lowest BCUT2D eigenvalue weighted by Crippen LogP contribution is -2.31. The molecule has 1 aliphatic carbocycles. The van der Waals surface area contributed by atoms with Crippen molar-refractivity contribution in [1.82, 2.24) is 19.2 Å². The second-order valence-corrected chi connectivity index (χ2v) is 7.46. The maximum atomic E-state index is 12.9. The molecule has 7 heteroatoms. The van der Waals surface area contributed by atoms with Crippen LogP contribution >= 0.6 is 0 Å². The van der Waals surface area contributed by atoms with Crippen molar-refractivity contribution in [2.45, 2.75) is 51.7 Å². The zero-order chi connectivity index (χ0) is 17.8. The fourth-order valence-corrected chi connectivity index (χ4v) is 2.97. The van der Waals surface area contributed by atoms with Crippen molar-refractivity contribution < 1.29 is 9.53 Å². The Bertz CT molecular complexity index is 1040. The zero-order valence-corrected chi connectivity index (χ0v) is 14.5. The quantitative estimate of drug-likeness (QED) is 0.684. The number of pyridine rings is 1. The Labute approximate surface area is 144 Å². The second kappa shape index (κ2) is 5.40. The number of carbonyl (C=O) groups is 1. The van der Waals surface area contributed by atoms with E-state index in [9.17, 15) is 9.59 Å². The summed E-state index contributed by atoms with van der Waals surface area (Å²) in [6, 6.07) is 5.39. The number of rotatable bonds is 3. The van der Waals surface area contributed by atoms with Crippen molar-refractivity contribution in [2.75, 3.05) is 0 Å². The van der Waals surface area contributed by atoms with E-state index in [2.05, 4.69) is 10.1 Å². The molecule has 0 unspecified atom stereocenters. The van der Waals surface area contributed by atoms with Gasteiger partial charge in [-0.1, -0.05) is 0 Å². The van der Waals surface area contributed by atoms with Crippen LogP contribution in [0.5, 0.6) is 0 Å². The van der Waals surface area contributed by atoms with Gasteiger partial charge in [-0.25, -0.2) is 4.98 Å². The van der Waals surface area contributed by atoms with Crippen molar-refractivity contribution >= 4 is 22.6 Å². The van der Waals surface area contributed by atoms with E-state index in [0.717, 1.165) is 18.5 Å². The summed E-state index contributed by atoms with van der Waals surface area (Å²) in [5, 5.41) is 4.74. The third kappa shape index (κ3) is 2.90.